The minimum absolute atomic E-state index is 0.139. The summed E-state index contributed by atoms with van der Waals surface area (Å²) in [5.41, 5.74) is 1.91. The number of carbonyl (C=O) groups excluding carboxylic acids is 1. The molecule has 0 aromatic heterocycles. The third kappa shape index (κ3) is 4.58. The van der Waals surface area contributed by atoms with Crippen LogP contribution in [0.15, 0.2) is 53.0 Å². The molecule has 0 radical (unpaired) electrons. The molecule has 2 aromatic rings. The minimum Gasteiger partial charge on any atom is -0.370 e. The fraction of sp³-hybridized carbons (Fsp3) is 0.316. The average molecular weight is 407 g/mol. The van der Waals surface area contributed by atoms with Gasteiger partial charge in [0.25, 0.3) is 0 Å². The van der Waals surface area contributed by atoms with Crippen molar-refractivity contribution in [3.63, 3.8) is 0 Å². The summed E-state index contributed by atoms with van der Waals surface area (Å²) >= 11 is 3.46. The first-order valence-electron chi connectivity index (χ1n) is 8.21. The van der Waals surface area contributed by atoms with Crippen LogP contribution >= 0.6 is 15.9 Å². The third-order valence-electron chi connectivity index (χ3n) is 4.28. The van der Waals surface area contributed by atoms with Crippen molar-refractivity contribution < 1.29 is 13.9 Å². The van der Waals surface area contributed by atoms with E-state index >= 15 is 0 Å². The Kier molecular flexibility index (Phi) is 5.71. The van der Waals surface area contributed by atoms with Gasteiger partial charge in [-0.2, -0.15) is 0 Å². The van der Waals surface area contributed by atoms with Crippen molar-refractivity contribution in [3.05, 3.63) is 69.9 Å². The van der Waals surface area contributed by atoms with Crippen LogP contribution in [0, 0.1) is 5.82 Å². The van der Waals surface area contributed by atoms with Crippen LogP contribution in [0.4, 0.5) is 9.18 Å². The average Bonchev–Trinajstić information content (AvgIpc) is 2.62. The summed E-state index contributed by atoms with van der Waals surface area (Å²) in [6.45, 7) is 3.43. The van der Waals surface area contributed by atoms with Crippen molar-refractivity contribution in [2.45, 2.75) is 19.1 Å². The number of rotatable bonds is 3. The Bertz CT molecular complexity index is 738. The summed E-state index contributed by atoms with van der Waals surface area (Å²) in [5, 5.41) is 2.97. The molecule has 132 valence electrons. The SMILES string of the molecule is CC(NC(=O)N1CCOC(c2cccc(Br)c2)C1)c1ccc(F)cc1. The van der Waals surface area contributed by atoms with Crippen LogP contribution in [0.5, 0.6) is 0 Å². The molecule has 0 aliphatic carbocycles. The summed E-state index contributed by atoms with van der Waals surface area (Å²) in [5.74, 6) is -0.285. The second-order valence-corrected chi connectivity index (χ2v) is 7.00. The molecule has 0 spiro atoms. The molecule has 2 unspecified atom stereocenters. The number of halogens is 2. The highest BCUT2D eigenvalue weighted by Gasteiger charge is 2.26. The Morgan fingerprint density at radius 3 is 2.80 bits per heavy atom. The highest BCUT2D eigenvalue weighted by molar-refractivity contribution is 9.10. The number of hydrogen-bond donors (Lipinski definition) is 1. The number of amides is 2. The lowest BCUT2D eigenvalue weighted by molar-refractivity contribution is -0.0157. The molecule has 25 heavy (non-hydrogen) atoms. The first-order valence-corrected chi connectivity index (χ1v) is 9.00. The second kappa shape index (κ2) is 7.97. The van der Waals surface area contributed by atoms with Gasteiger partial charge in [-0.3, -0.25) is 0 Å². The Morgan fingerprint density at radius 2 is 2.08 bits per heavy atom. The van der Waals surface area contributed by atoms with Crippen molar-refractivity contribution in [2.75, 3.05) is 19.7 Å². The van der Waals surface area contributed by atoms with Crippen molar-refractivity contribution in [3.8, 4) is 0 Å². The Labute approximate surface area is 155 Å². The Morgan fingerprint density at radius 1 is 1.32 bits per heavy atom. The molecule has 1 saturated heterocycles. The van der Waals surface area contributed by atoms with E-state index in [1.165, 1.54) is 12.1 Å². The number of carbonyl (C=O) groups is 1. The molecule has 2 amide bonds. The number of nitrogens with zero attached hydrogens (tertiary/aromatic N) is 1. The van der Waals surface area contributed by atoms with Gasteiger partial charge in [-0.05, 0) is 42.3 Å². The van der Waals surface area contributed by atoms with Crippen LogP contribution in [0.2, 0.25) is 0 Å². The number of hydrogen-bond acceptors (Lipinski definition) is 2. The molecule has 1 aliphatic heterocycles. The van der Waals surface area contributed by atoms with E-state index in [0.29, 0.717) is 19.7 Å². The quantitative estimate of drug-likeness (QED) is 0.818. The maximum absolute atomic E-state index is 13.0. The normalized spacial score (nSPS) is 18.7. The van der Waals surface area contributed by atoms with Crippen LogP contribution in [-0.4, -0.2) is 30.6 Å². The molecule has 1 fully saturated rings. The summed E-state index contributed by atoms with van der Waals surface area (Å²) < 4.78 is 19.8. The molecule has 0 bridgehead atoms. The Hall–Kier alpha value is -1.92. The van der Waals surface area contributed by atoms with E-state index in [9.17, 15) is 9.18 Å². The molecule has 2 atom stereocenters. The van der Waals surface area contributed by atoms with Crippen molar-refractivity contribution in [1.29, 1.82) is 0 Å². The number of nitrogens with one attached hydrogen (secondary N) is 1. The molecule has 4 nitrogen and oxygen atoms in total. The highest BCUT2D eigenvalue weighted by Crippen LogP contribution is 2.25. The molecular formula is C19H20BrFN2O2. The lowest BCUT2D eigenvalue weighted by Gasteiger charge is -2.34. The lowest BCUT2D eigenvalue weighted by atomic mass is 10.1. The van der Waals surface area contributed by atoms with Gasteiger partial charge in [0.2, 0.25) is 0 Å². The zero-order valence-corrected chi connectivity index (χ0v) is 15.5. The maximum atomic E-state index is 13.0. The standard InChI is InChI=1S/C19H20BrFN2O2/c1-13(14-5-7-17(21)8-6-14)22-19(24)23-9-10-25-18(12-23)15-3-2-4-16(20)11-15/h2-8,11,13,18H,9-10,12H2,1H3,(H,22,24). The van der Waals surface area contributed by atoms with E-state index < -0.39 is 0 Å². The van der Waals surface area contributed by atoms with E-state index in [-0.39, 0.29) is 24.0 Å². The molecule has 1 N–H and O–H groups in total. The van der Waals surface area contributed by atoms with Gasteiger partial charge < -0.3 is 15.0 Å². The minimum atomic E-state index is -0.285. The Balaban J connectivity index is 1.62. The van der Waals surface area contributed by atoms with Crippen molar-refractivity contribution in [2.24, 2.45) is 0 Å². The van der Waals surface area contributed by atoms with E-state index in [1.54, 1.807) is 17.0 Å². The largest absolute Gasteiger partial charge is 0.370 e. The van der Waals surface area contributed by atoms with Crippen LogP contribution < -0.4 is 5.32 Å². The third-order valence-corrected chi connectivity index (χ3v) is 4.78. The van der Waals surface area contributed by atoms with E-state index in [2.05, 4.69) is 21.2 Å². The summed E-state index contributed by atoms with van der Waals surface area (Å²) in [4.78, 5) is 14.3. The number of ether oxygens (including phenoxy) is 1. The van der Waals surface area contributed by atoms with E-state index in [0.717, 1.165) is 15.6 Å². The van der Waals surface area contributed by atoms with Gasteiger partial charge in [0, 0.05) is 11.0 Å². The highest BCUT2D eigenvalue weighted by atomic mass is 79.9. The molecule has 6 heteroatoms. The van der Waals surface area contributed by atoms with Crippen LogP contribution in [0.1, 0.15) is 30.2 Å². The molecular weight excluding hydrogens is 387 g/mol. The zero-order valence-electron chi connectivity index (χ0n) is 13.9. The van der Waals surface area contributed by atoms with Gasteiger partial charge in [-0.1, -0.05) is 40.2 Å². The first kappa shape index (κ1) is 17.9. The zero-order chi connectivity index (χ0) is 17.8. The van der Waals surface area contributed by atoms with Gasteiger partial charge >= 0.3 is 6.03 Å². The first-order chi connectivity index (χ1) is 12.0. The van der Waals surface area contributed by atoms with Crippen LogP contribution in [0.25, 0.3) is 0 Å². The number of benzene rings is 2. The van der Waals surface area contributed by atoms with Crippen LogP contribution in [-0.2, 0) is 4.74 Å². The monoisotopic (exact) mass is 406 g/mol. The van der Waals surface area contributed by atoms with Gasteiger partial charge in [-0.25, -0.2) is 9.18 Å². The molecule has 1 heterocycles. The van der Waals surface area contributed by atoms with Gasteiger partial charge in [-0.15, -0.1) is 0 Å². The lowest BCUT2D eigenvalue weighted by Crippen LogP contribution is -2.47. The fourth-order valence-electron chi connectivity index (χ4n) is 2.85. The predicted octanol–water partition coefficient (Wildman–Crippen LogP) is 4.43. The molecule has 2 aromatic carbocycles. The summed E-state index contributed by atoms with van der Waals surface area (Å²) in [6.07, 6.45) is -0.141. The van der Waals surface area contributed by atoms with E-state index in [4.69, 9.17) is 4.74 Å². The number of urea groups is 1. The van der Waals surface area contributed by atoms with Gasteiger partial charge in [0.1, 0.15) is 11.9 Å². The predicted molar refractivity (Wildman–Crippen MR) is 97.8 cm³/mol. The van der Waals surface area contributed by atoms with Crippen molar-refractivity contribution >= 4 is 22.0 Å². The van der Waals surface area contributed by atoms with Crippen LogP contribution in [0.3, 0.4) is 0 Å². The van der Waals surface area contributed by atoms with Gasteiger partial charge in [0.15, 0.2) is 0 Å². The van der Waals surface area contributed by atoms with E-state index in [1.807, 2.05) is 31.2 Å². The van der Waals surface area contributed by atoms with Gasteiger partial charge in [0.05, 0.1) is 19.2 Å². The number of morpholine rings is 1. The maximum Gasteiger partial charge on any atom is 0.318 e. The smallest absolute Gasteiger partial charge is 0.318 e. The fourth-order valence-corrected chi connectivity index (χ4v) is 3.27. The topological polar surface area (TPSA) is 41.6 Å². The molecule has 0 saturated carbocycles. The summed E-state index contributed by atoms with van der Waals surface area (Å²) in [7, 11) is 0. The molecule has 3 rings (SSSR count). The molecule has 1 aliphatic rings. The van der Waals surface area contributed by atoms with Crippen molar-refractivity contribution in [1.82, 2.24) is 10.2 Å². The second-order valence-electron chi connectivity index (χ2n) is 6.08. The summed E-state index contributed by atoms with van der Waals surface area (Å²) in [6, 6.07) is 13.8.